The van der Waals surface area contributed by atoms with Crippen LogP contribution in [0.25, 0.3) is 0 Å². The topological polar surface area (TPSA) is 87.0 Å². The molecule has 0 aromatic carbocycles. The highest BCUT2D eigenvalue weighted by Gasteiger charge is 2.26. The van der Waals surface area contributed by atoms with E-state index >= 15 is 0 Å². The minimum atomic E-state index is -3.78. The van der Waals surface area contributed by atoms with Crippen molar-refractivity contribution >= 4 is 10.0 Å². The molecule has 7 heteroatoms. The first kappa shape index (κ1) is 15.1. The molecule has 0 fully saturated rings. The first-order valence-electron chi connectivity index (χ1n) is 6.34. The molecule has 108 valence electrons. The van der Waals surface area contributed by atoms with E-state index in [0.717, 1.165) is 0 Å². The largest absolute Gasteiger partial charge is 0.260 e. The van der Waals surface area contributed by atoms with Crippen molar-refractivity contribution in [2.75, 3.05) is 6.54 Å². The van der Waals surface area contributed by atoms with Crippen LogP contribution >= 0.6 is 0 Å². The van der Waals surface area contributed by atoms with Gasteiger partial charge in [-0.1, -0.05) is 13.0 Å². The summed E-state index contributed by atoms with van der Waals surface area (Å²) in [5, 5.41) is 9.02. The fraction of sp³-hybridized carbons (Fsp3) is 0.214. The number of pyridine rings is 2. The predicted molar refractivity (Wildman–Crippen MR) is 76.5 cm³/mol. The molecule has 0 spiro atoms. The quantitative estimate of drug-likeness (QED) is 0.836. The van der Waals surface area contributed by atoms with Gasteiger partial charge < -0.3 is 0 Å². The predicted octanol–water partition coefficient (Wildman–Crippen LogP) is 1.56. The number of sulfonamides is 1. The van der Waals surface area contributed by atoms with Crippen molar-refractivity contribution in [2.45, 2.75) is 18.4 Å². The zero-order valence-corrected chi connectivity index (χ0v) is 12.3. The Morgan fingerprint density at radius 3 is 2.57 bits per heavy atom. The lowest BCUT2D eigenvalue weighted by atomic mass is 10.3. The van der Waals surface area contributed by atoms with Gasteiger partial charge in [0.1, 0.15) is 11.0 Å². The molecule has 2 aromatic rings. The molecule has 0 amide bonds. The summed E-state index contributed by atoms with van der Waals surface area (Å²) in [4.78, 5) is 7.86. The van der Waals surface area contributed by atoms with E-state index in [9.17, 15) is 8.42 Å². The van der Waals surface area contributed by atoms with Gasteiger partial charge >= 0.3 is 0 Å². The molecule has 0 saturated heterocycles. The van der Waals surface area contributed by atoms with Crippen LogP contribution in [0.4, 0.5) is 0 Å². The Hall–Kier alpha value is -2.30. The van der Waals surface area contributed by atoms with Crippen LogP contribution in [0.5, 0.6) is 0 Å². The molecule has 0 bridgehead atoms. The zero-order valence-electron chi connectivity index (χ0n) is 11.5. The van der Waals surface area contributed by atoms with Crippen molar-refractivity contribution in [2.24, 2.45) is 0 Å². The highest BCUT2D eigenvalue weighted by molar-refractivity contribution is 7.89. The minimum Gasteiger partial charge on any atom is -0.260 e. The van der Waals surface area contributed by atoms with Crippen LogP contribution in [0.1, 0.15) is 18.3 Å². The third-order valence-electron chi connectivity index (χ3n) is 2.91. The Labute approximate surface area is 123 Å². The smallest absolute Gasteiger partial charge is 0.246 e. The molecule has 6 nitrogen and oxygen atoms in total. The van der Waals surface area contributed by atoms with Gasteiger partial charge in [0.2, 0.25) is 10.0 Å². The van der Waals surface area contributed by atoms with Crippen molar-refractivity contribution in [3.05, 3.63) is 54.1 Å². The SMILES string of the molecule is CCN(Cc1ccccn1)S(=O)(=O)c1cccnc1C#N. The first-order chi connectivity index (χ1) is 10.1. The summed E-state index contributed by atoms with van der Waals surface area (Å²) in [5.74, 6) is 0. The summed E-state index contributed by atoms with van der Waals surface area (Å²) in [6.45, 7) is 2.17. The van der Waals surface area contributed by atoms with Gasteiger partial charge in [-0.05, 0) is 24.3 Å². The molecular weight excluding hydrogens is 288 g/mol. The molecule has 2 heterocycles. The lowest BCUT2D eigenvalue weighted by molar-refractivity contribution is 0.418. The number of rotatable bonds is 5. The van der Waals surface area contributed by atoms with Gasteiger partial charge in [-0.25, -0.2) is 13.4 Å². The summed E-state index contributed by atoms with van der Waals surface area (Å²) in [6.07, 6.45) is 3.01. The fourth-order valence-electron chi connectivity index (χ4n) is 1.86. The normalized spacial score (nSPS) is 11.3. The Kier molecular flexibility index (Phi) is 4.62. The third-order valence-corrected chi connectivity index (χ3v) is 4.86. The van der Waals surface area contributed by atoms with E-state index in [0.29, 0.717) is 5.69 Å². The van der Waals surface area contributed by atoms with E-state index in [1.165, 1.54) is 22.6 Å². The maximum atomic E-state index is 12.7. The maximum Gasteiger partial charge on any atom is 0.246 e. The number of nitriles is 1. The molecular formula is C14H14N4O2S. The van der Waals surface area contributed by atoms with E-state index < -0.39 is 10.0 Å². The summed E-state index contributed by atoms with van der Waals surface area (Å²) >= 11 is 0. The van der Waals surface area contributed by atoms with E-state index in [-0.39, 0.29) is 23.7 Å². The summed E-state index contributed by atoms with van der Waals surface area (Å²) < 4.78 is 26.6. The standard InChI is InChI=1S/C14H14N4O2S/c1-2-18(11-12-6-3-4-8-16-12)21(19,20)14-7-5-9-17-13(14)10-15/h3-9H,2,11H2,1H3. The van der Waals surface area contributed by atoms with Gasteiger partial charge in [0, 0.05) is 18.9 Å². The van der Waals surface area contributed by atoms with Crippen molar-refractivity contribution in [1.29, 1.82) is 5.26 Å². The molecule has 0 atom stereocenters. The van der Waals surface area contributed by atoms with Crippen LogP contribution in [0.3, 0.4) is 0 Å². The Balaban J connectivity index is 2.39. The Bertz CT molecular complexity index is 754. The van der Waals surface area contributed by atoms with E-state index in [1.807, 2.05) is 6.07 Å². The van der Waals surface area contributed by atoms with Gasteiger partial charge in [0.25, 0.3) is 0 Å². The van der Waals surface area contributed by atoms with E-state index in [2.05, 4.69) is 9.97 Å². The van der Waals surface area contributed by atoms with Crippen LogP contribution in [0, 0.1) is 11.3 Å². The minimum absolute atomic E-state index is 0.0784. The average molecular weight is 302 g/mol. The molecule has 0 aliphatic heterocycles. The van der Waals surface area contributed by atoms with E-state index in [1.54, 1.807) is 31.3 Å². The summed E-state index contributed by atoms with van der Waals surface area (Å²) in [6, 6.07) is 10.0. The van der Waals surface area contributed by atoms with Gasteiger partial charge in [0.05, 0.1) is 12.2 Å². The monoisotopic (exact) mass is 302 g/mol. The van der Waals surface area contributed by atoms with Gasteiger partial charge in [-0.15, -0.1) is 0 Å². The maximum absolute atomic E-state index is 12.7. The molecule has 2 rings (SSSR count). The number of nitrogens with zero attached hydrogens (tertiary/aromatic N) is 4. The third kappa shape index (κ3) is 3.24. The summed E-state index contributed by atoms with van der Waals surface area (Å²) in [5.41, 5.74) is 0.544. The molecule has 21 heavy (non-hydrogen) atoms. The molecule has 2 aromatic heterocycles. The van der Waals surface area contributed by atoms with Crippen LogP contribution in [0.2, 0.25) is 0 Å². The Morgan fingerprint density at radius 1 is 1.19 bits per heavy atom. The van der Waals surface area contributed by atoms with Gasteiger partial charge in [-0.2, -0.15) is 9.57 Å². The van der Waals surface area contributed by atoms with Crippen molar-refractivity contribution in [1.82, 2.24) is 14.3 Å². The van der Waals surface area contributed by atoms with Gasteiger partial charge in [0.15, 0.2) is 5.69 Å². The summed E-state index contributed by atoms with van der Waals surface area (Å²) in [7, 11) is -3.78. The molecule has 0 aliphatic rings. The van der Waals surface area contributed by atoms with Crippen molar-refractivity contribution in [3.63, 3.8) is 0 Å². The highest BCUT2D eigenvalue weighted by atomic mass is 32.2. The second-order valence-corrected chi connectivity index (χ2v) is 6.12. The average Bonchev–Trinajstić information content (AvgIpc) is 2.53. The molecule has 0 unspecified atom stereocenters. The number of hydrogen-bond donors (Lipinski definition) is 0. The second kappa shape index (κ2) is 6.43. The van der Waals surface area contributed by atoms with Gasteiger partial charge in [-0.3, -0.25) is 4.98 Å². The van der Waals surface area contributed by atoms with Crippen LogP contribution in [-0.4, -0.2) is 29.2 Å². The van der Waals surface area contributed by atoms with E-state index in [4.69, 9.17) is 5.26 Å². The van der Waals surface area contributed by atoms with Crippen LogP contribution in [0.15, 0.2) is 47.6 Å². The lowest BCUT2D eigenvalue weighted by Crippen LogP contribution is -2.31. The Morgan fingerprint density at radius 2 is 1.95 bits per heavy atom. The first-order valence-corrected chi connectivity index (χ1v) is 7.78. The second-order valence-electron chi connectivity index (χ2n) is 4.21. The van der Waals surface area contributed by atoms with Crippen molar-refractivity contribution < 1.29 is 8.42 Å². The highest BCUT2D eigenvalue weighted by Crippen LogP contribution is 2.19. The van der Waals surface area contributed by atoms with Crippen LogP contribution in [-0.2, 0) is 16.6 Å². The number of aromatic nitrogens is 2. The zero-order chi connectivity index (χ0) is 15.3. The molecule has 0 radical (unpaired) electrons. The fourth-order valence-corrected chi connectivity index (χ4v) is 3.37. The molecule has 0 saturated carbocycles. The number of hydrogen-bond acceptors (Lipinski definition) is 5. The molecule has 0 N–H and O–H groups in total. The molecule has 0 aliphatic carbocycles. The van der Waals surface area contributed by atoms with Crippen molar-refractivity contribution in [3.8, 4) is 6.07 Å². The van der Waals surface area contributed by atoms with Crippen LogP contribution < -0.4 is 0 Å². The lowest BCUT2D eigenvalue weighted by Gasteiger charge is -2.20.